The van der Waals surface area contributed by atoms with Crippen LogP contribution in [0.25, 0.3) is 0 Å². The minimum absolute atomic E-state index is 0.147. The third-order valence-corrected chi connectivity index (χ3v) is 3.60. The van der Waals surface area contributed by atoms with Gasteiger partial charge in [-0.1, -0.05) is 32.6 Å². The van der Waals surface area contributed by atoms with Gasteiger partial charge in [0.2, 0.25) is 0 Å². The smallest absolute Gasteiger partial charge is 0.330 e. The molecule has 0 amide bonds. The summed E-state index contributed by atoms with van der Waals surface area (Å²) in [7, 11) is 0. The Labute approximate surface area is 130 Å². The highest BCUT2D eigenvalue weighted by molar-refractivity contribution is 5.03. The number of hydrogen-bond donors (Lipinski definition) is 1. The standard InChI is InChI=1S/C14H23F8N/c1-2-3-4-5-6-8-11(15,16)13(19,20)14(21,22)12(17,18)9-7-10-23/h2-10,23H2,1H3. The molecule has 0 unspecified atom stereocenters. The van der Waals surface area contributed by atoms with E-state index in [1.807, 2.05) is 6.92 Å². The molecule has 23 heavy (non-hydrogen) atoms. The molecule has 0 radical (unpaired) electrons. The molecule has 0 spiro atoms. The van der Waals surface area contributed by atoms with E-state index >= 15 is 0 Å². The van der Waals surface area contributed by atoms with Gasteiger partial charge in [-0.25, -0.2) is 0 Å². The van der Waals surface area contributed by atoms with E-state index in [2.05, 4.69) is 0 Å². The number of alkyl halides is 8. The Morgan fingerprint density at radius 2 is 1.00 bits per heavy atom. The van der Waals surface area contributed by atoms with Gasteiger partial charge >= 0.3 is 23.7 Å². The molecule has 2 N–H and O–H groups in total. The van der Waals surface area contributed by atoms with Crippen molar-refractivity contribution in [3.8, 4) is 0 Å². The van der Waals surface area contributed by atoms with E-state index in [1.165, 1.54) is 0 Å². The van der Waals surface area contributed by atoms with Crippen LogP contribution in [0.2, 0.25) is 0 Å². The molecule has 0 aromatic heterocycles. The van der Waals surface area contributed by atoms with Crippen LogP contribution in [-0.2, 0) is 0 Å². The average molecular weight is 357 g/mol. The van der Waals surface area contributed by atoms with Crippen LogP contribution >= 0.6 is 0 Å². The Kier molecular flexibility index (Phi) is 8.26. The molecule has 0 rings (SSSR count). The quantitative estimate of drug-likeness (QED) is 0.356. The monoisotopic (exact) mass is 357 g/mol. The highest BCUT2D eigenvalue weighted by atomic mass is 19.4. The third kappa shape index (κ3) is 5.19. The molecule has 0 fully saturated rings. The summed E-state index contributed by atoms with van der Waals surface area (Å²) in [6, 6.07) is 0. The number of unbranched alkanes of at least 4 members (excludes halogenated alkanes) is 4. The van der Waals surface area contributed by atoms with E-state index < -0.39 is 55.9 Å². The summed E-state index contributed by atoms with van der Waals surface area (Å²) >= 11 is 0. The van der Waals surface area contributed by atoms with E-state index in [0.29, 0.717) is 12.8 Å². The lowest BCUT2D eigenvalue weighted by atomic mass is 9.92. The Bertz CT molecular complexity index is 344. The van der Waals surface area contributed by atoms with Crippen molar-refractivity contribution >= 4 is 0 Å². The van der Waals surface area contributed by atoms with Crippen molar-refractivity contribution in [3.05, 3.63) is 0 Å². The fourth-order valence-electron chi connectivity index (χ4n) is 2.05. The SMILES string of the molecule is CCCCCCCC(F)(F)C(F)(F)C(F)(F)C(F)(F)CCCN. The fourth-order valence-corrected chi connectivity index (χ4v) is 2.05. The van der Waals surface area contributed by atoms with Gasteiger partial charge in [0.15, 0.2) is 0 Å². The molecule has 140 valence electrons. The predicted octanol–water partition coefficient (Wildman–Crippen LogP) is 5.63. The molecule has 9 heteroatoms. The van der Waals surface area contributed by atoms with Crippen LogP contribution in [0.4, 0.5) is 35.1 Å². The summed E-state index contributed by atoms with van der Waals surface area (Å²) in [6.07, 6.45) is -2.26. The molecular weight excluding hydrogens is 334 g/mol. The van der Waals surface area contributed by atoms with E-state index in [1.54, 1.807) is 0 Å². The van der Waals surface area contributed by atoms with Crippen LogP contribution in [-0.4, -0.2) is 30.2 Å². The Morgan fingerprint density at radius 3 is 1.39 bits per heavy atom. The normalized spacial score (nSPS) is 14.3. The maximum absolute atomic E-state index is 13.5. The predicted molar refractivity (Wildman–Crippen MR) is 71.5 cm³/mol. The van der Waals surface area contributed by atoms with Crippen molar-refractivity contribution in [2.75, 3.05) is 6.54 Å². The van der Waals surface area contributed by atoms with Crippen molar-refractivity contribution in [2.24, 2.45) is 5.73 Å². The van der Waals surface area contributed by atoms with E-state index in [-0.39, 0.29) is 6.42 Å². The lowest BCUT2D eigenvalue weighted by Crippen LogP contribution is -2.62. The van der Waals surface area contributed by atoms with Crippen LogP contribution in [0.3, 0.4) is 0 Å². The first kappa shape index (κ1) is 22.4. The van der Waals surface area contributed by atoms with E-state index in [9.17, 15) is 35.1 Å². The molecule has 0 saturated carbocycles. The topological polar surface area (TPSA) is 26.0 Å². The number of hydrogen-bond acceptors (Lipinski definition) is 1. The van der Waals surface area contributed by atoms with Gasteiger partial charge in [-0.05, 0) is 19.4 Å². The zero-order chi connectivity index (χ0) is 18.4. The van der Waals surface area contributed by atoms with E-state index in [0.717, 1.165) is 6.42 Å². The van der Waals surface area contributed by atoms with Gasteiger partial charge in [-0.2, -0.15) is 35.1 Å². The zero-order valence-corrected chi connectivity index (χ0v) is 13.0. The molecule has 0 saturated heterocycles. The molecule has 0 aromatic carbocycles. The van der Waals surface area contributed by atoms with Gasteiger partial charge in [-0.3, -0.25) is 0 Å². The summed E-state index contributed by atoms with van der Waals surface area (Å²) in [5.41, 5.74) is 4.87. The summed E-state index contributed by atoms with van der Waals surface area (Å²) in [5.74, 6) is -22.8. The molecule has 0 atom stereocenters. The van der Waals surface area contributed by atoms with Crippen LogP contribution in [0.1, 0.15) is 58.3 Å². The summed E-state index contributed by atoms with van der Waals surface area (Å²) in [5, 5.41) is 0. The van der Waals surface area contributed by atoms with Crippen molar-refractivity contribution < 1.29 is 35.1 Å². The molecular formula is C14H23F8N. The van der Waals surface area contributed by atoms with Crippen LogP contribution < -0.4 is 5.73 Å². The van der Waals surface area contributed by atoms with Crippen LogP contribution in [0, 0.1) is 0 Å². The molecule has 0 aliphatic rings. The maximum atomic E-state index is 13.5. The maximum Gasteiger partial charge on any atom is 0.378 e. The van der Waals surface area contributed by atoms with Crippen molar-refractivity contribution in [1.29, 1.82) is 0 Å². The lowest BCUT2D eigenvalue weighted by Gasteiger charge is -2.37. The Hall–Kier alpha value is -0.600. The second-order valence-electron chi connectivity index (χ2n) is 5.61. The van der Waals surface area contributed by atoms with Gasteiger partial charge in [0.25, 0.3) is 0 Å². The van der Waals surface area contributed by atoms with Crippen molar-refractivity contribution in [2.45, 2.75) is 82.0 Å². The van der Waals surface area contributed by atoms with Crippen LogP contribution in [0.5, 0.6) is 0 Å². The van der Waals surface area contributed by atoms with Crippen molar-refractivity contribution in [3.63, 3.8) is 0 Å². The van der Waals surface area contributed by atoms with Crippen molar-refractivity contribution in [1.82, 2.24) is 0 Å². The van der Waals surface area contributed by atoms with Gasteiger partial charge in [0, 0.05) is 12.8 Å². The van der Waals surface area contributed by atoms with Gasteiger partial charge < -0.3 is 5.73 Å². The van der Waals surface area contributed by atoms with Crippen LogP contribution in [0.15, 0.2) is 0 Å². The third-order valence-electron chi connectivity index (χ3n) is 3.60. The van der Waals surface area contributed by atoms with Gasteiger partial charge in [0.05, 0.1) is 0 Å². The summed E-state index contributed by atoms with van der Waals surface area (Å²) in [6.45, 7) is 1.40. The first-order valence-electron chi connectivity index (χ1n) is 7.58. The minimum Gasteiger partial charge on any atom is -0.330 e. The zero-order valence-electron chi connectivity index (χ0n) is 13.0. The Balaban J connectivity index is 5.01. The lowest BCUT2D eigenvalue weighted by molar-refractivity contribution is -0.368. The Morgan fingerprint density at radius 1 is 0.609 bits per heavy atom. The molecule has 0 bridgehead atoms. The average Bonchev–Trinajstić information content (AvgIpc) is 2.44. The van der Waals surface area contributed by atoms with Gasteiger partial charge in [0.1, 0.15) is 0 Å². The number of nitrogens with two attached hydrogens (primary N) is 1. The summed E-state index contributed by atoms with van der Waals surface area (Å²) in [4.78, 5) is 0. The highest BCUT2D eigenvalue weighted by Crippen LogP contribution is 2.55. The minimum atomic E-state index is -6.15. The van der Waals surface area contributed by atoms with Gasteiger partial charge in [-0.15, -0.1) is 0 Å². The number of rotatable bonds is 12. The first-order chi connectivity index (χ1) is 10.4. The molecule has 0 aromatic rings. The first-order valence-corrected chi connectivity index (χ1v) is 7.58. The number of halogens is 8. The molecule has 0 aliphatic heterocycles. The summed E-state index contributed by atoms with van der Waals surface area (Å²) < 4.78 is 107. The van der Waals surface area contributed by atoms with E-state index in [4.69, 9.17) is 5.73 Å². The largest absolute Gasteiger partial charge is 0.378 e. The molecule has 0 heterocycles. The fraction of sp³-hybridized carbons (Fsp3) is 1.00. The molecule has 1 nitrogen and oxygen atoms in total. The highest BCUT2D eigenvalue weighted by Gasteiger charge is 2.79. The second kappa shape index (κ2) is 8.48. The second-order valence-corrected chi connectivity index (χ2v) is 5.61. The molecule has 0 aliphatic carbocycles.